The van der Waals surface area contributed by atoms with Gasteiger partial charge < -0.3 is 5.73 Å². The Morgan fingerprint density at radius 3 is 2.55 bits per heavy atom. The summed E-state index contributed by atoms with van der Waals surface area (Å²) < 4.78 is 38.0. The van der Waals surface area contributed by atoms with Crippen molar-refractivity contribution in [2.45, 2.75) is 18.9 Å². The van der Waals surface area contributed by atoms with Crippen molar-refractivity contribution < 1.29 is 6.85 Å². The normalized spacial score (nSPS) is 26.1. The second kappa shape index (κ2) is 2.67. The highest BCUT2D eigenvalue weighted by Crippen LogP contribution is 2.39. The molecule has 0 aromatic heterocycles. The molecule has 2 rings (SSSR count). The molecule has 1 aromatic rings. The van der Waals surface area contributed by atoms with Crippen molar-refractivity contribution in [1.29, 1.82) is 0 Å². The number of hydrogen-bond acceptors (Lipinski definition) is 1. The summed E-state index contributed by atoms with van der Waals surface area (Å²) >= 11 is 0. The molecule has 0 spiro atoms. The van der Waals surface area contributed by atoms with Crippen LogP contribution in [0.2, 0.25) is 0 Å². The zero-order valence-electron chi connectivity index (χ0n) is 11.1. The second-order valence-corrected chi connectivity index (χ2v) is 2.90. The molecule has 1 saturated carbocycles. The quantitative estimate of drug-likeness (QED) is 0.690. The zero-order valence-corrected chi connectivity index (χ0v) is 6.15. The van der Waals surface area contributed by atoms with Crippen molar-refractivity contribution in [3.63, 3.8) is 0 Å². The Bertz CT molecular complexity index is 412. The highest BCUT2D eigenvalue weighted by atomic mass is 14.7. The molecule has 1 aliphatic rings. The Hall–Kier alpha value is -0.820. The summed E-state index contributed by atoms with van der Waals surface area (Å²) in [6, 6.07) is -1.72. The SMILES string of the molecule is [2H]c1c([2H])c([2H])c([C@@H](N)C2CC2)c([2H])c1[2H]. The van der Waals surface area contributed by atoms with E-state index >= 15 is 0 Å². The van der Waals surface area contributed by atoms with Gasteiger partial charge >= 0.3 is 0 Å². The van der Waals surface area contributed by atoms with Crippen LogP contribution in [0, 0.1) is 5.92 Å². The lowest BCUT2D eigenvalue weighted by molar-refractivity contribution is 0.633. The van der Waals surface area contributed by atoms with Gasteiger partial charge in [-0.2, -0.15) is 0 Å². The van der Waals surface area contributed by atoms with Gasteiger partial charge in [0.15, 0.2) is 0 Å². The first-order valence-electron chi connectivity index (χ1n) is 6.27. The molecule has 0 heterocycles. The molecule has 1 aliphatic carbocycles. The Morgan fingerprint density at radius 1 is 1.36 bits per heavy atom. The first-order chi connectivity index (χ1) is 7.45. The van der Waals surface area contributed by atoms with Gasteiger partial charge in [-0.15, -0.1) is 0 Å². The van der Waals surface area contributed by atoms with Crippen LogP contribution in [0.15, 0.2) is 30.2 Å². The van der Waals surface area contributed by atoms with Crippen LogP contribution < -0.4 is 5.73 Å². The number of benzene rings is 1. The van der Waals surface area contributed by atoms with Gasteiger partial charge in [-0.1, -0.05) is 30.2 Å². The fourth-order valence-electron chi connectivity index (χ4n) is 1.12. The van der Waals surface area contributed by atoms with Crippen molar-refractivity contribution >= 4 is 0 Å². The molecule has 0 radical (unpaired) electrons. The second-order valence-electron chi connectivity index (χ2n) is 2.90. The molecular formula is C10H13N. The van der Waals surface area contributed by atoms with Gasteiger partial charge in [0, 0.05) is 6.04 Å². The average molecular weight is 152 g/mol. The molecule has 0 aliphatic heterocycles. The van der Waals surface area contributed by atoms with E-state index in [0.717, 1.165) is 12.8 Å². The van der Waals surface area contributed by atoms with Gasteiger partial charge in [-0.25, -0.2) is 0 Å². The molecule has 0 unspecified atom stereocenters. The Kier molecular flexibility index (Phi) is 0.794. The minimum absolute atomic E-state index is 0.162. The van der Waals surface area contributed by atoms with Gasteiger partial charge in [0.1, 0.15) is 0 Å². The number of hydrogen-bond donors (Lipinski definition) is 1. The fraction of sp³-hybridized carbons (Fsp3) is 0.400. The predicted molar refractivity (Wildman–Crippen MR) is 46.1 cm³/mol. The fourth-order valence-corrected chi connectivity index (χ4v) is 1.12. The summed E-state index contributed by atoms with van der Waals surface area (Å²) in [5.74, 6) is 0.267. The summed E-state index contributed by atoms with van der Waals surface area (Å²) in [5, 5.41) is 0. The van der Waals surface area contributed by atoms with Crippen LogP contribution in [0.5, 0.6) is 0 Å². The van der Waals surface area contributed by atoms with Crippen LogP contribution in [0.4, 0.5) is 0 Å². The third kappa shape index (κ3) is 1.43. The van der Waals surface area contributed by atoms with Crippen LogP contribution in [0.25, 0.3) is 0 Å². The maximum absolute atomic E-state index is 7.73. The third-order valence-electron chi connectivity index (χ3n) is 1.98. The monoisotopic (exact) mass is 152 g/mol. The minimum atomic E-state index is -0.436. The lowest BCUT2D eigenvalue weighted by Gasteiger charge is -2.09. The molecule has 58 valence electrons. The summed E-state index contributed by atoms with van der Waals surface area (Å²) in [5.41, 5.74) is 6.18. The highest BCUT2D eigenvalue weighted by Gasteiger charge is 2.28. The van der Waals surface area contributed by atoms with Crippen molar-refractivity contribution in [2.75, 3.05) is 0 Å². The molecule has 1 atom stereocenters. The first kappa shape index (κ1) is 3.28. The molecule has 1 fully saturated rings. The largest absolute Gasteiger partial charge is 0.324 e. The van der Waals surface area contributed by atoms with E-state index in [1.165, 1.54) is 0 Å². The van der Waals surface area contributed by atoms with E-state index in [2.05, 4.69) is 0 Å². The molecule has 1 heteroatoms. The smallest absolute Gasteiger partial charge is 0.0626 e. The Balaban J connectivity index is 2.59. The standard InChI is InChI=1S/C10H13N/c11-10(9-6-7-9)8-4-2-1-3-5-8/h1-5,9-10H,6-7,11H2/t10-/m1/s1/i1D,2D,3D,4D,5D. The van der Waals surface area contributed by atoms with E-state index in [1.807, 2.05) is 0 Å². The summed E-state index contributed by atoms with van der Waals surface area (Å²) in [6.07, 6.45) is 1.95. The van der Waals surface area contributed by atoms with Crippen molar-refractivity contribution in [3.8, 4) is 0 Å². The molecule has 0 bridgehead atoms. The van der Waals surface area contributed by atoms with Crippen LogP contribution >= 0.6 is 0 Å². The predicted octanol–water partition coefficient (Wildman–Crippen LogP) is 2.10. The van der Waals surface area contributed by atoms with Gasteiger partial charge in [-0.3, -0.25) is 0 Å². The van der Waals surface area contributed by atoms with E-state index in [4.69, 9.17) is 12.6 Å². The molecule has 2 N–H and O–H groups in total. The molecule has 0 saturated heterocycles. The van der Waals surface area contributed by atoms with Crippen LogP contribution in [-0.2, 0) is 0 Å². The van der Waals surface area contributed by atoms with Crippen molar-refractivity contribution in [1.82, 2.24) is 0 Å². The van der Waals surface area contributed by atoms with E-state index < -0.39 is 6.04 Å². The lowest BCUT2D eigenvalue weighted by atomic mass is 10.0. The van der Waals surface area contributed by atoms with Gasteiger partial charge in [0.25, 0.3) is 0 Å². The molecule has 1 nitrogen and oxygen atoms in total. The number of rotatable bonds is 2. The van der Waals surface area contributed by atoms with Crippen LogP contribution in [-0.4, -0.2) is 0 Å². The zero-order chi connectivity index (χ0) is 12.0. The topological polar surface area (TPSA) is 26.0 Å². The maximum Gasteiger partial charge on any atom is 0.0626 e. The minimum Gasteiger partial charge on any atom is -0.324 e. The average Bonchev–Trinajstić information content (AvgIpc) is 3.07. The van der Waals surface area contributed by atoms with Gasteiger partial charge in [0.2, 0.25) is 0 Å². The summed E-state index contributed by atoms with van der Waals surface area (Å²) in [6.45, 7) is 0. The lowest BCUT2D eigenvalue weighted by Crippen LogP contribution is -2.11. The van der Waals surface area contributed by atoms with Crippen LogP contribution in [0.3, 0.4) is 0 Å². The summed E-state index contributed by atoms with van der Waals surface area (Å²) in [7, 11) is 0. The van der Waals surface area contributed by atoms with E-state index in [-0.39, 0.29) is 41.7 Å². The van der Waals surface area contributed by atoms with Gasteiger partial charge in [0.05, 0.1) is 6.85 Å². The van der Waals surface area contributed by atoms with Crippen LogP contribution in [0.1, 0.15) is 31.3 Å². The summed E-state index contributed by atoms with van der Waals surface area (Å²) in [4.78, 5) is 0. The molecule has 1 aromatic carbocycles. The van der Waals surface area contributed by atoms with E-state index in [9.17, 15) is 0 Å². The number of nitrogens with two attached hydrogens (primary N) is 1. The van der Waals surface area contributed by atoms with Gasteiger partial charge in [-0.05, 0) is 24.3 Å². The van der Waals surface area contributed by atoms with Crippen molar-refractivity contribution in [2.24, 2.45) is 11.7 Å². The molecular weight excluding hydrogens is 134 g/mol. The molecule has 0 amide bonds. The van der Waals surface area contributed by atoms with E-state index in [1.54, 1.807) is 0 Å². The van der Waals surface area contributed by atoms with Crippen molar-refractivity contribution in [3.05, 3.63) is 35.8 Å². The molecule has 11 heavy (non-hydrogen) atoms. The maximum atomic E-state index is 7.73. The highest BCUT2D eigenvalue weighted by molar-refractivity contribution is 5.20. The first-order valence-corrected chi connectivity index (χ1v) is 3.77. The third-order valence-corrected chi connectivity index (χ3v) is 1.98. The van der Waals surface area contributed by atoms with E-state index in [0.29, 0.717) is 0 Å². The Labute approximate surface area is 74.3 Å². The Morgan fingerprint density at radius 2 is 2.00 bits per heavy atom.